The Bertz CT molecular complexity index is 616. The molecule has 1 fully saturated rings. The van der Waals surface area contributed by atoms with Gasteiger partial charge in [-0.15, -0.1) is 0 Å². The summed E-state index contributed by atoms with van der Waals surface area (Å²) in [6.07, 6.45) is 0.829. The molecule has 2 aromatic rings. The fourth-order valence-corrected chi connectivity index (χ4v) is 2.78. The summed E-state index contributed by atoms with van der Waals surface area (Å²) in [7, 11) is 0. The van der Waals surface area contributed by atoms with Gasteiger partial charge in [0, 0.05) is 21.7 Å². The van der Waals surface area contributed by atoms with Crippen molar-refractivity contribution in [3.8, 4) is 5.75 Å². The highest BCUT2D eigenvalue weighted by Crippen LogP contribution is 2.36. The summed E-state index contributed by atoms with van der Waals surface area (Å²) >= 11 is 11.9. The normalized spacial score (nSPS) is 22.1. The number of hydrazine groups is 1. The van der Waals surface area contributed by atoms with E-state index in [9.17, 15) is 5.11 Å². The Kier molecular flexibility index (Phi) is 3.85. The second kappa shape index (κ2) is 5.62. The minimum Gasteiger partial charge on any atom is -0.508 e. The van der Waals surface area contributed by atoms with Crippen LogP contribution in [0.4, 0.5) is 0 Å². The Balaban J connectivity index is 1.79. The summed E-state index contributed by atoms with van der Waals surface area (Å²) in [5.41, 5.74) is 8.41. The van der Waals surface area contributed by atoms with Crippen LogP contribution in [0.1, 0.15) is 29.6 Å². The average Bonchev–Trinajstić information content (AvgIpc) is 2.92. The van der Waals surface area contributed by atoms with Crippen LogP contribution in [0.5, 0.6) is 5.75 Å². The Morgan fingerprint density at radius 2 is 1.55 bits per heavy atom. The molecular formula is C15H14Cl2N2O. The molecule has 2 aromatic carbocycles. The first-order chi connectivity index (χ1) is 9.63. The summed E-state index contributed by atoms with van der Waals surface area (Å²) < 4.78 is 0. The molecule has 0 aromatic heterocycles. The maximum absolute atomic E-state index is 9.94. The van der Waals surface area contributed by atoms with Crippen LogP contribution in [0, 0.1) is 0 Å². The first kappa shape index (κ1) is 13.7. The predicted molar refractivity (Wildman–Crippen MR) is 80.9 cm³/mol. The molecule has 0 amide bonds. The molecule has 0 aliphatic carbocycles. The molecule has 3 rings (SSSR count). The van der Waals surface area contributed by atoms with Crippen LogP contribution in [-0.4, -0.2) is 5.11 Å². The van der Waals surface area contributed by atoms with Gasteiger partial charge in [-0.05, 0) is 42.3 Å². The quantitative estimate of drug-likeness (QED) is 0.786. The SMILES string of the molecule is Oc1ccc(Cl)cc1C1CC(c2ccc(Cl)cc2)NN1. The summed E-state index contributed by atoms with van der Waals surface area (Å²) in [5.74, 6) is 0.255. The van der Waals surface area contributed by atoms with Gasteiger partial charge in [-0.3, -0.25) is 0 Å². The fourth-order valence-electron chi connectivity index (χ4n) is 2.48. The van der Waals surface area contributed by atoms with E-state index in [4.69, 9.17) is 23.2 Å². The second-order valence-corrected chi connectivity index (χ2v) is 5.76. The number of phenols is 1. The zero-order valence-electron chi connectivity index (χ0n) is 10.6. The molecule has 0 radical (unpaired) electrons. The summed E-state index contributed by atoms with van der Waals surface area (Å²) in [6.45, 7) is 0. The van der Waals surface area contributed by atoms with Crippen LogP contribution in [0.2, 0.25) is 10.0 Å². The molecule has 2 unspecified atom stereocenters. The standard InChI is InChI=1S/C15H14Cl2N2O/c16-10-3-1-9(2-4-10)13-8-14(19-18-13)12-7-11(17)5-6-15(12)20/h1-7,13-14,18-20H,8H2. The van der Waals surface area contributed by atoms with Gasteiger partial charge in [-0.25, -0.2) is 10.9 Å². The number of hydrogen-bond acceptors (Lipinski definition) is 3. The molecule has 0 saturated carbocycles. The van der Waals surface area contributed by atoms with Crippen LogP contribution >= 0.6 is 23.2 Å². The topological polar surface area (TPSA) is 44.3 Å². The molecule has 1 aliphatic heterocycles. The van der Waals surface area contributed by atoms with Gasteiger partial charge < -0.3 is 5.11 Å². The molecule has 0 bridgehead atoms. The van der Waals surface area contributed by atoms with E-state index >= 15 is 0 Å². The average molecular weight is 309 g/mol. The third kappa shape index (κ3) is 2.76. The predicted octanol–water partition coefficient (Wildman–Crippen LogP) is 3.98. The molecular weight excluding hydrogens is 295 g/mol. The Morgan fingerprint density at radius 1 is 0.900 bits per heavy atom. The lowest BCUT2D eigenvalue weighted by Gasteiger charge is -2.12. The van der Waals surface area contributed by atoms with E-state index in [0.717, 1.165) is 22.6 Å². The van der Waals surface area contributed by atoms with Crippen LogP contribution in [0.15, 0.2) is 42.5 Å². The minimum atomic E-state index is 0.0226. The van der Waals surface area contributed by atoms with Gasteiger partial charge in [0.05, 0.1) is 6.04 Å². The van der Waals surface area contributed by atoms with Crippen molar-refractivity contribution in [2.45, 2.75) is 18.5 Å². The first-order valence-corrected chi connectivity index (χ1v) is 7.14. The van der Waals surface area contributed by atoms with Crippen molar-refractivity contribution in [3.63, 3.8) is 0 Å². The monoisotopic (exact) mass is 308 g/mol. The molecule has 104 valence electrons. The lowest BCUT2D eigenvalue weighted by Crippen LogP contribution is -2.26. The van der Waals surface area contributed by atoms with E-state index in [0.29, 0.717) is 5.02 Å². The van der Waals surface area contributed by atoms with Crippen molar-refractivity contribution in [2.24, 2.45) is 0 Å². The number of nitrogens with one attached hydrogen (secondary N) is 2. The Morgan fingerprint density at radius 3 is 2.30 bits per heavy atom. The van der Waals surface area contributed by atoms with Crippen LogP contribution in [0.3, 0.4) is 0 Å². The molecule has 3 nitrogen and oxygen atoms in total. The van der Waals surface area contributed by atoms with Gasteiger partial charge in [0.2, 0.25) is 0 Å². The molecule has 1 saturated heterocycles. The molecule has 1 aliphatic rings. The lowest BCUT2D eigenvalue weighted by molar-refractivity contribution is 0.453. The smallest absolute Gasteiger partial charge is 0.120 e. The van der Waals surface area contributed by atoms with E-state index in [1.165, 1.54) is 0 Å². The zero-order valence-corrected chi connectivity index (χ0v) is 12.1. The maximum atomic E-state index is 9.94. The van der Waals surface area contributed by atoms with Gasteiger partial charge in [0.1, 0.15) is 5.75 Å². The highest BCUT2D eigenvalue weighted by atomic mass is 35.5. The largest absolute Gasteiger partial charge is 0.508 e. The van der Waals surface area contributed by atoms with Crippen molar-refractivity contribution >= 4 is 23.2 Å². The van der Waals surface area contributed by atoms with Crippen LogP contribution in [0.25, 0.3) is 0 Å². The minimum absolute atomic E-state index is 0.0226. The number of halogens is 2. The first-order valence-electron chi connectivity index (χ1n) is 6.38. The zero-order chi connectivity index (χ0) is 14.1. The van der Waals surface area contributed by atoms with E-state index in [1.807, 2.05) is 24.3 Å². The van der Waals surface area contributed by atoms with Crippen LogP contribution < -0.4 is 10.9 Å². The molecule has 3 N–H and O–H groups in total. The summed E-state index contributed by atoms with van der Waals surface area (Å²) in [5, 5.41) is 11.3. The van der Waals surface area contributed by atoms with Gasteiger partial charge in [0.15, 0.2) is 0 Å². The second-order valence-electron chi connectivity index (χ2n) is 4.88. The van der Waals surface area contributed by atoms with Crippen molar-refractivity contribution in [3.05, 3.63) is 63.6 Å². The highest BCUT2D eigenvalue weighted by Gasteiger charge is 2.27. The Hall–Kier alpha value is -1.26. The number of aromatic hydroxyl groups is 1. The van der Waals surface area contributed by atoms with Gasteiger partial charge in [0.25, 0.3) is 0 Å². The van der Waals surface area contributed by atoms with Gasteiger partial charge >= 0.3 is 0 Å². The van der Waals surface area contributed by atoms with Crippen molar-refractivity contribution < 1.29 is 5.11 Å². The van der Waals surface area contributed by atoms with Crippen molar-refractivity contribution in [2.75, 3.05) is 0 Å². The number of benzene rings is 2. The molecule has 1 heterocycles. The lowest BCUT2D eigenvalue weighted by atomic mass is 9.97. The summed E-state index contributed by atoms with van der Waals surface area (Å²) in [4.78, 5) is 0. The number of rotatable bonds is 2. The number of hydrogen-bond donors (Lipinski definition) is 3. The summed E-state index contributed by atoms with van der Waals surface area (Å²) in [6, 6.07) is 13.1. The third-order valence-electron chi connectivity index (χ3n) is 3.54. The molecule has 20 heavy (non-hydrogen) atoms. The molecule has 5 heteroatoms. The highest BCUT2D eigenvalue weighted by molar-refractivity contribution is 6.30. The van der Waals surface area contributed by atoms with Crippen molar-refractivity contribution in [1.82, 2.24) is 10.9 Å². The third-order valence-corrected chi connectivity index (χ3v) is 4.03. The van der Waals surface area contributed by atoms with E-state index < -0.39 is 0 Å². The van der Waals surface area contributed by atoms with Crippen molar-refractivity contribution in [1.29, 1.82) is 0 Å². The fraction of sp³-hybridized carbons (Fsp3) is 0.200. The van der Waals surface area contributed by atoms with Gasteiger partial charge in [-0.2, -0.15) is 0 Å². The van der Waals surface area contributed by atoms with E-state index in [1.54, 1.807) is 18.2 Å². The number of phenolic OH excluding ortho intramolecular Hbond substituents is 1. The Labute approximate surface area is 127 Å². The van der Waals surface area contributed by atoms with Crippen LogP contribution in [-0.2, 0) is 0 Å². The molecule has 0 spiro atoms. The maximum Gasteiger partial charge on any atom is 0.120 e. The van der Waals surface area contributed by atoms with Gasteiger partial charge in [-0.1, -0.05) is 35.3 Å². The van der Waals surface area contributed by atoms with E-state index in [2.05, 4.69) is 10.9 Å². The van der Waals surface area contributed by atoms with E-state index in [-0.39, 0.29) is 17.8 Å². The molecule has 2 atom stereocenters.